The molecule has 0 radical (unpaired) electrons. The number of fused-ring (bicyclic) bond motifs is 5. The minimum Gasteiger partial charge on any atom is -0.393 e. The quantitative estimate of drug-likeness (QED) is 0.746. The largest absolute Gasteiger partial charge is 0.393 e. The minimum absolute atomic E-state index is 0.0814. The van der Waals surface area contributed by atoms with E-state index in [-0.39, 0.29) is 11.5 Å². The summed E-state index contributed by atoms with van der Waals surface area (Å²) in [6, 6.07) is 0. The Hall–Kier alpha value is -0.370. The lowest BCUT2D eigenvalue weighted by Gasteiger charge is -2.61. The Balaban J connectivity index is 1.62. The van der Waals surface area contributed by atoms with Gasteiger partial charge in [-0.15, -0.1) is 0 Å². The number of carbonyl (C=O) groups is 1. The summed E-state index contributed by atoms with van der Waals surface area (Å²) in [7, 11) is 0. The van der Waals surface area contributed by atoms with E-state index in [1.54, 1.807) is 0 Å². The van der Waals surface area contributed by atoms with Crippen molar-refractivity contribution >= 4 is 5.78 Å². The molecule has 0 amide bonds. The first-order chi connectivity index (χ1) is 11.3. The minimum atomic E-state index is -0.0814. The van der Waals surface area contributed by atoms with Crippen LogP contribution >= 0.6 is 0 Å². The molecule has 4 fully saturated rings. The maximum Gasteiger partial charge on any atom is 0.133 e. The molecule has 4 aliphatic rings. The highest BCUT2D eigenvalue weighted by Crippen LogP contribution is 2.67. The van der Waals surface area contributed by atoms with Crippen LogP contribution in [0.3, 0.4) is 0 Å². The van der Waals surface area contributed by atoms with Crippen molar-refractivity contribution in [3.63, 3.8) is 0 Å². The zero-order chi connectivity index (χ0) is 17.3. The monoisotopic (exact) mass is 332 g/mol. The molecular formula is C22H36O2. The van der Waals surface area contributed by atoms with Gasteiger partial charge in [-0.1, -0.05) is 20.8 Å². The van der Waals surface area contributed by atoms with E-state index in [0.717, 1.165) is 36.5 Å². The van der Waals surface area contributed by atoms with Gasteiger partial charge in [-0.2, -0.15) is 0 Å². The summed E-state index contributed by atoms with van der Waals surface area (Å²) < 4.78 is 0. The first-order valence-corrected chi connectivity index (χ1v) is 10.5. The molecular weight excluding hydrogens is 296 g/mol. The zero-order valence-corrected chi connectivity index (χ0v) is 16.1. The van der Waals surface area contributed by atoms with Crippen LogP contribution in [-0.4, -0.2) is 17.0 Å². The SMILES string of the molecule is CC(=O)[C@H]1CC[C@H]2[C@@H]3CC[C@H]4C[C@H](O)C(C)C[C@]4(C)[C@H]3CC[C@]12C. The van der Waals surface area contributed by atoms with Crippen LogP contribution in [0.2, 0.25) is 0 Å². The molecule has 0 spiro atoms. The van der Waals surface area contributed by atoms with Gasteiger partial charge in [0.2, 0.25) is 0 Å². The van der Waals surface area contributed by atoms with Gasteiger partial charge >= 0.3 is 0 Å². The van der Waals surface area contributed by atoms with Gasteiger partial charge in [-0.05, 0) is 98.7 Å². The van der Waals surface area contributed by atoms with Gasteiger partial charge in [0.25, 0.3) is 0 Å². The van der Waals surface area contributed by atoms with Crippen molar-refractivity contribution in [3.8, 4) is 0 Å². The highest BCUT2D eigenvalue weighted by Gasteiger charge is 2.61. The molecule has 136 valence electrons. The van der Waals surface area contributed by atoms with Crippen molar-refractivity contribution in [3.05, 3.63) is 0 Å². The molecule has 4 rings (SSSR count). The van der Waals surface area contributed by atoms with E-state index in [2.05, 4.69) is 20.8 Å². The molecule has 4 saturated carbocycles. The van der Waals surface area contributed by atoms with Crippen LogP contribution in [0.5, 0.6) is 0 Å². The average molecular weight is 333 g/mol. The maximum absolute atomic E-state index is 12.2. The smallest absolute Gasteiger partial charge is 0.133 e. The molecule has 0 saturated heterocycles. The van der Waals surface area contributed by atoms with Crippen LogP contribution in [0.4, 0.5) is 0 Å². The van der Waals surface area contributed by atoms with Gasteiger partial charge in [-0.3, -0.25) is 4.79 Å². The lowest BCUT2D eigenvalue weighted by atomic mass is 9.44. The summed E-state index contributed by atoms with van der Waals surface area (Å²) in [6.07, 6.45) is 9.78. The van der Waals surface area contributed by atoms with Crippen molar-refractivity contribution in [2.45, 2.75) is 85.2 Å². The molecule has 2 heteroatoms. The standard InChI is InChI=1S/C22H36O2/c1-13-12-22(4)15(11-20(13)24)5-6-16-18-8-7-17(14(2)23)21(18,3)10-9-19(16)22/h13,15-20,24H,5-12H2,1-4H3/t13?,15-,16-,17+,18-,19-,20-,21+,22-/m0/s1. The fourth-order valence-electron chi connectivity index (χ4n) is 8.26. The number of hydrogen-bond donors (Lipinski definition) is 1. The van der Waals surface area contributed by atoms with Gasteiger partial charge in [-0.25, -0.2) is 0 Å². The summed E-state index contributed by atoms with van der Waals surface area (Å²) in [5.74, 6) is 4.36. The van der Waals surface area contributed by atoms with Crippen molar-refractivity contribution in [2.75, 3.05) is 0 Å². The third-order valence-electron chi connectivity index (χ3n) is 9.50. The third kappa shape index (κ3) is 2.20. The van der Waals surface area contributed by atoms with E-state index in [1.165, 1.54) is 38.5 Å². The predicted octanol–water partition coefficient (Wildman–Crippen LogP) is 4.84. The van der Waals surface area contributed by atoms with Crippen LogP contribution in [0.15, 0.2) is 0 Å². The predicted molar refractivity (Wildman–Crippen MR) is 96.5 cm³/mol. The molecule has 24 heavy (non-hydrogen) atoms. The lowest BCUT2D eigenvalue weighted by molar-refractivity contribution is -0.146. The number of rotatable bonds is 1. The maximum atomic E-state index is 12.2. The molecule has 0 aliphatic heterocycles. The summed E-state index contributed by atoms with van der Waals surface area (Å²) in [4.78, 5) is 12.2. The number of Topliss-reactive ketones (excluding diaryl/α,β-unsaturated/α-hetero) is 1. The van der Waals surface area contributed by atoms with Crippen molar-refractivity contribution in [2.24, 2.45) is 46.3 Å². The van der Waals surface area contributed by atoms with Gasteiger partial charge in [0.1, 0.15) is 5.78 Å². The topological polar surface area (TPSA) is 37.3 Å². The lowest BCUT2D eigenvalue weighted by Crippen LogP contribution is -2.55. The Bertz CT molecular complexity index is 528. The fraction of sp³-hybridized carbons (Fsp3) is 0.955. The summed E-state index contributed by atoms with van der Waals surface area (Å²) in [6.45, 7) is 9.07. The van der Waals surface area contributed by atoms with E-state index in [9.17, 15) is 9.90 Å². The van der Waals surface area contributed by atoms with Gasteiger partial charge in [0.15, 0.2) is 0 Å². The third-order valence-corrected chi connectivity index (χ3v) is 9.50. The molecule has 1 N–H and O–H groups in total. The highest BCUT2D eigenvalue weighted by molar-refractivity contribution is 5.79. The van der Waals surface area contributed by atoms with E-state index >= 15 is 0 Å². The van der Waals surface area contributed by atoms with Gasteiger partial charge in [0, 0.05) is 5.92 Å². The molecule has 9 atom stereocenters. The number of ketones is 1. The van der Waals surface area contributed by atoms with Crippen LogP contribution in [0.25, 0.3) is 0 Å². The van der Waals surface area contributed by atoms with Crippen molar-refractivity contribution in [1.82, 2.24) is 0 Å². The van der Waals surface area contributed by atoms with Gasteiger partial charge in [0.05, 0.1) is 6.10 Å². The molecule has 0 heterocycles. The first kappa shape index (κ1) is 17.1. The van der Waals surface area contributed by atoms with Crippen LogP contribution < -0.4 is 0 Å². The second-order valence-corrected chi connectivity index (χ2v) is 10.4. The molecule has 0 aromatic rings. The van der Waals surface area contributed by atoms with E-state index in [4.69, 9.17) is 0 Å². The Kier molecular flexibility index (Phi) is 3.95. The van der Waals surface area contributed by atoms with Gasteiger partial charge < -0.3 is 5.11 Å². The second-order valence-electron chi connectivity index (χ2n) is 10.4. The molecule has 0 bridgehead atoms. The zero-order valence-electron chi connectivity index (χ0n) is 16.1. The molecule has 0 aromatic carbocycles. The van der Waals surface area contributed by atoms with Crippen LogP contribution in [0.1, 0.15) is 79.1 Å². The Morgan fingerprint density at radius 2 is 1.71 bits per heavy atom. The van der Waals surface area contributed by atoms with E-state index in [0.29, 0.717) is 23.0 Å². The molecule has 4 aliphatic carbocycles. The molecule has 0 aromatic heterocycles. The van der Waals surface area contributed by atoms with Crippen molar-refractivity contribution < 1.29 is 9.90 Å². The normalized spacial score (nSPS) is 57.0. The Morgan fingerprint density at radius 1 is 1.00 bits per heavy atom. The summed E-state index contributed by atoms with van der Waals surface area (Å²) >= 11 is 0. The van der Waals surface area contributed by atoms with E-state index < -0.39 is 0 Å². The summed E-state index contributed by atoms with van der Waals surface area (Å²) in [5.41, 5.74) is 0.702. The average Bonchev–Trinajstić information content (AvgIpc) is 2.86. The number of aliphatic hydroxyl groups excluding tert-OH is 1. The van der Waals surface area contributed by atoms with Crippen LogP contribution in [0, 0.1) is 46.3 Å². The van der Waals surface area contributed by atoms with E-state index in [1.807, 2.05) is 6.92 Å². The first-order valence-electron chi connectivity index (χ1n) is 10.5. The molecule has 2 nitrogen and oxygen atoms in total. The Morgan fingerprint density at radius 3 is 2.42 bits per heavy atom. The number of hydrogen-bond acceptors (Lipinski definition) is 2. The number of aliphatic hydroxyl groups is 1. The Labute approximate surface area is 147 Å². The highest BCUT2D eigenvalue weighted by atomic mass is 16.3. The second kappa shape index (κ2) is 5.56. The molecule has 1 unspecified atom stereocenters. The number of carbonyl (C=O) groups excluding carboxylic acids is 1. The fourth-order valence-corrected chi connectivity index (χ4v) is 8.26. The van der Waals surface area contributed by atoms with Crippen molar-refractivity contribution in [1.29, 1.82) is 0 Å². The van der Waals surface area contributed by atoms with Crippen LogP contribution in [-0.2, 0) is 4.79 Å². The summed E-state index contributed by atoms with van der Waals surface area (Å²) in [5, 5.41) is 10.4.